The molecule has 0 saturated carbocycles. The first-order valence-corrected chi connectivity index (χ1v) is 4.23. The van der Waals surface area contributed by atoms with Gasteiger partial charge < -0.3 is 11.1 Å². The highest BCUT2D eigenvalue weighted by Gasteiger charge is 2.11. The normalized spacial score (nSPS) is 11.5. The summed E-state index contributed by atoms with van der Waals surface area (Å²) in [6, 6.07) is 7.08. The standard InChI is InChI=1S/C9H8ClN3O/c10-6-2-1-3-7(4-6)13-9(14)8(12)5-11/h1-4,8H,12H2,(H,13,14). The minimum Gasteiger partial charge on any atom is -0.324 e. The summed E-state index contributed by atoms with van der Waals surface area (Å²) in [5, 5.41) is 11.3. The van der Waals surface area contributed by atoms with E-state index in [9.17, 15) is 4.79 Å². The van der Waals surface area contributed by atoms with Gasteiger partial charge in [0.2, 0.25) is 0 Å². The molecule has 14 heavy (non-hydrogen) atoms. The Morgan fingerprint density at radius 2 is 2.36 bits per heavy atom. The van der Waals surface area contributed by atoms with Gasteiger partial charge in [0.05, 0.1) is 6.07 Å². The van der Waals surface area contributed by atoms with Gasteiger partial charge in [-0.1, -0.05) is 17.7 Å². The van der Waals surface area contributed by atoms with Gasteiger partial charge in [-0.25, -0.2) is 0 Å². The quantitative estimate of drug-likeness (QED) is 0.766. The Morgan fingerprint density at radius 3 is 2.93 bits per heavy atom. The molecule has 1 rings (SSSR count). The lowest BCUT2D eigenvalue weighted by Crippen LogP contribution is -2.33. The van der Waals surface area contributed by atoms with Crippen LogP contribution in [0, 0.1) is 11.3 Å². The van der Waals surface area contributed by atoms with Crippen LogP contribution in [-0.2, 0) is 4.79 Å². The number of hydrogen-bond acceptors (Lipinski definition) is 3. The Bertz CT molecular complexity index is 386. The second-order valence-corrected chi connectivity index (χ2v) is 3.04. The number of halogens is 1. The first-order valence-electron chi connectivity index (χ1n) is 3.85. The monoisotopic (exact) mass is 209 g/mol. The van der Waals surface area contributed by atoms with Crippen LogP contribution in [0.3, 0.4) is 0 Å². The van der Waals surface area contributed by atoms with E-state index in [-0.39, 0.29) is 0 Å². The molecular formula is C9H8ClN3O. The van der Waals surface area contributed by atoms with Gasteiger partial charge in [0.1, 0.15) is 0 Å². The van der Waals surface area contributed by atoms with E-state index in [2.05, 4.69) is 5.32 Å². The third-order valence-electron chi connectivity index (χ3n) is 1.51. The van der Waals surface area contributed by atoms with Gasteiger partial charge in [0, 0.05) is 10.7 Å². The van der Waals surface area contributed by atoms with Crippen molar-refractivity contribution >= 4 is 23.2 Å². The Morgan fingerprint density at radius 1 is 1.64 bits per heavy atom. The number of nitrogens with zero attached hydrogens (tertiary/aromatic N) is 1. The molecule has 1 aromatic carbocycles. The number of carbonyl (C=O) groups excluding carboxylic acids is 1. The number of benzene rings is 1. The predicted octanol–water partition coefficient (Wildman–Crippen LogP) is 1.13. The van der Waals surface area contributed by atoms with Crippen molar-refractivity contribution in [3.8, 4) is 6.07 Å². The Labute approximate surface area is 86.3 Å². The smallest absolute Gasteiger partial charge is 0.255 e. The summed E-state index contributed by atoms with van der Waals surface area (Å²) in [5.74, 6) is -0.547. The van der Waals surface area contributed by atoms with Crippen molar-refractivity contribution in [2.75, 3.05) is 5.32 Å². The number of amides is 1. The van der Waals surface area contributed by atoms with Gasteiger partial charge in [0.15, 0.2) is 6.04 Å². The maximum absolute atomic E-state index is 11.2. The zero-order valence-corrected chi connectivity index (χ0v) is 7.95. The summed E-state index contributed by atoms with van der Waals surface area (Å²) < 4.78 is 0. The first-order chi connectivity index (χ1) is 6.63. The van der Waals surface area contributed by atoms with E-state index in [4.69, 9.17) is 22.6 Å². The van der Waals surface area contributed by atoms with Crippen LogP contribution < -0.4 is 11.1 Å². The molecule has 0 radical (unpaired) electrons. The minimum absolute atomic E-state index is 0.508. The molecule has 1 amide bonds. The lowest BCUT2D eigenvalue weighted by atomic mass is 10.3. The summed E-state index contributed by atoms with van der Waals surface area (Å²) in [6.07, 6.45) is 0. The van der Waals surface area contributed by atoms with Crippen molar-refractivity contribution < 1.29 is 4.79 Å². The summed E-state index contributed by atoms with van der Waals surface area (Å²) >= 11 is 5.69. The van der Waals surface area contributed by atoms with E-state index in [1.54, 1.807) is 30.3 Å². The topological polar surface area (TPSA) is 78.9 Å². The van der Waals surface area contributed by atoms with Gasteiger partial charge in [-0.05, 0) is 18.2 Å². The summed E-state index contributed by atoms with van der Waals surface area (Å²) in [4.78, 5) is 11.2. The average molecular weight is 210 g/mol. The number of nitrogens with two attached hydrogens (primary N) is 1. The van der Waals surface area contributed by atoms with Crippen LogP contribution in [0.2, 0.25) is 5.02 Å². The maximum Gasteiger partial charge on any atom is 0.255 e. The largest absolute Gasteiger partial charge is 0.324 e. The Balaban J connectivity index is 2.71. The van der Waals surface area contributed by atoms with E-state index in [1.165, 1.54) is 0 Å². The maximum atomic E-state index is 11.2. The number of carbonyl (C=O) groups is 1. The zero-order chi connectivity index (χ0) is 10.6. The molecular weight excluding hydrogens is 202 g/mol. The number of nitriles is 1. The third-order valence-corrected chi connectivity index (χ3v) is 1.75. The molecule has 0 spiro atoms. The average Bonchev–Trinajstić information content (AvgIpc) is 2.16. The van der Waals surface area contributed by atoms with E-state index in [1.807, 2.05) is 0 Å². The fraction of sp³-hybridized carbons (Fsp3) is 0.111. The molecule has 0 aliphatic rings. The third kappa shape index (κ3) is 2.73. The molecule has 5 heteroatoms. The lowest BCUT2D eigenvalue weighted by Gasteiger charge is -2.05. The first kappa shape index (κ1) is 10.5. The van der Waals surface area contributed by atoms with Crippen molar-refractivity contribution in [1.29, 1.82) is 5.26 Å². The van der Waals surface area contributed by atoms with Crippen LogP contribution >= 0.6 is 11.6 Å². The number of rotatable bonds is 2. The van der Waals surface area contributed by atoms with Gasteiger partial charge in [-0.3, -0.25) is 4.79 Å². The molecule has 0 saturated heterocycles. The van der Waals surface area contributed by atoms with E-state index < -0.39 is 11.9 Å². The molecule has 0 aromatic heterocycles. The summed E-state index contributed by atoms with van der Waals surface area (Å²) in [7, 11) is 0. The summed E-state index contributed by atoms with van der Waals surface area (Å²) in [6.45, 7) is 0. The van der Waals surface area contributed by atoms with Gasteiger partial charge in [-0.2, -0.15) is 5.26 Å². The highest BCUT2D eigenvalue weighted by Crippen LogP contribution is 2.14. The number of hydrogen-bond donors (Lipinski definition) is 2. The molecule has 0 bridgehead atoms. The molecule has 0 heterocycles. The fourth-order valence-electron chi connectivity index (χ4n) is 0.845. The molecule has 4 nitrogen and oxygen atoms in total. The molecule has 0 aliphatic carbocycles. The van der Waals surface area contributed by atoms with Crippen LogP contribution in [0.1, 0.15) is 0 Å². The number of nitrogens with one attached hydrogen (secondary N) is 1. The van der Waals surface area contributed by atoms with Crippen molar-refractivity contribution in [3.05, 3.63) is 29.3 Å². The van der Waals surface area contributed by atoms with Crippen LogP contribution in [0.5, 0.6) is 0 Å². The SMILES string of the molecule is N#CC(N)C(=O)Nc1cccc(Cl)c1. The second kappa shape index (κ2) is 4.61. The minimum atomic E-state index is -1.16. The van der Waals surface area contributed by atoms with Crippen molar-refractivity contribution in [2.24, 2.45) is 5.73 Å². The molecule has 1 aromatic rings. The molecule has 72 valence electrons. The van der Waals surface area contributed by atoms with Gasteiger partial charge in [0.25, 0.3) is 5.91 Å². The second-order valence-electron chi connectivity index (χ2n) is 2.61. The molecule has 0 fully saturated rings. The van der Waals surface area contributed by atoms with E-state index in [0.29, 0.717) is 10.7 Å². The highest BCUT2D eigenvalue weighted by molar-refractivity contribution is 6.30. The van der Waals surface area contributed by atoms with E-state index in [0.717, 1.165) is 0 Å². The Kier molecular flexibility index (Phi) is 3.46. The van der Waals surface area contributed by atoms with Crippen molar-refractivity contribution in [3.63, 3.8) is 0 Å². The van der Waals surface area contributed by atoms with Crippen LogP contribution in [0.4, 0.5) is 5.69 Å². The summed E-state index contributed by atoms with van der Waals surface area (Å²) in [5.41, 5.74) is 5.72. The zero-order valence-electron chi connectivity index (χ0n) is 7.20. The Hall–Kier alpha value is -1.57. The number of anilines is 1. The van der Waals surface area contributed by atoms with Gasteiger partial charge >= 0.3 is 0 Å². The van der Waals surface area contributed by atoms with Crippen molar-refractivity contribution in [1.82, 2.24) is 0 Å². The highest BCUT2D eigenvalue weighted by atomic mass is 35.5. The van der Waals surface area contributed by atoms with Crippen LogP contribution in [0.25, 0.3) is 0 Å². The predicted molar refractivity (Wildman–Crippen MR) is 53.7 cm³/mol. The van der Waals surface area contributed by atoms with E-state index >= 15 is 0 Å². The van der Waals surface area contributed by atoms with Crippen LogP contribution in [0.15, 0.2) is 24.3 Å². The van der Waals surface area contributed by atoms with Crippen LogP contribution in [-0.4, -0.2) is 11.9 Å². The lowest BCUT2D eigenvalue weighted by molar-refractivity contribution is -0.116. The van der Waals surface area contributed by atoms with Crippen molar-refractivity contribution in [2.45, 2.75) is 6.04 Å². The van der Waals surface area contributed by atoms with Gasteiger partial charge in [-0.15, -0.1) is 0 Å². The molecule has 1 unspecified atom stereocenters. The fourth-order valence-corrected chi connectivity index (χ4v) is 1.04. The molecule has 1 atom stereocenters. The molecule has 0 aliphatic heterocycles. The molecule has 3 N–H and O–H groups in total.